The molecule has 3 aromatic carbocycles. The van der Waals surface area contributed by atoms with Crippen LogP contribution in [0.3, 0.4) is 0 Å². The highest BCUT2D eigenvalue weighted by atomic mass is 32.2. The van der Waals surface area contributed by atoms with Crippen molar-refractivity contribution in [1.82, 2.24) is 10.3 Å². The van der Waals surface area contributed by atoms with E-state index in [9.17, 15) is 26.4 Å². The first kappa shape index (κ1) is 24.0. The molecule has 0 radical (unpaired) electrons. The predicted octanol–water partition coefficient (Wildman–Crippen LogP) is 5.74. The zero-order chi connectivity index (χ0) is 25.7. The predicted molar refractivity (Wildman–Crippen MR) is 130 cm³/mol. The number of aromatic nitrogens is 1. The Labute approximate surface area is 205 Å². The summed E-state index contributed by atoms with van der Waals surface area (Å²) >= 11 is 0. The number of amides is 1. The summed E-state index contributed by atoms with van der Waals surface area (Å²) < 4.78 is 64.3. The van der Waals surface area contributed by atoms with Crippen molar-refractivity contribution in [2.75, 3.05) is 6.26 Å². The highest BCUT2D eigenvalue weighted by Gasteiger charge is 2.45. The smallest absolute Gasteiger partial charge is 0.342 e. The lowest BCUT2D eigenvalue weighted by Crippen LogP contribution is -2.35. The molecule has 184 valence electrons. The molecule has 1 heterocycles. The highest BCUT2D eigenvalue weighted by molar-refractivity contribution is 7.90. The molecule has 0 aliphatic heterocycles. The van der Waals surface area contributed by atoms with E-state index in [-0.39, 0.29) is 21.7 Å². The summed E-state index contributed by atoms with van der Waals surface area (Å²) in [5, 5.41) is 3.37. The van der Waals surface area contributed by atoms with Crippen LogP contribution in [0.15, 0.2) is 83.8 Å². The zero-order valence-electron chi connectivity index (χ0n) is 19.1. The highest BCUT2D eigenvalue weighted by Crippen LogP contribution is 2.45. The van der Waals surface area contributed by atoms with Gasteiger partial charge in [-0.15, -0.1) is 0 Å². The molecule has 0 atom stereocenters. The Bertz CT molecular complexity index is 1600. The van der Waals surface area contributed by atoms with Gasteiger partial charge in [-0.05, 0) is 54.8 Å². The van der Waals surface area contributed by atoms with Crippen molar-refractivity contribution in [3.8, 4) is 11.3 Å². The van der Waals surface area contributed by atoms with E-state index in [0.717, 1.165) is 36.8 Å². The van der Waals surface area contributed by atoms with Crippen LogP contribution in [0.5, 0.6) is 0 Å². The molecule has 1 amide bonds. The van der Waals surface area contributed by atoms with Crippen LogP contribution in [-0.4, -0.2) is 25.6 Å². The number of carbonyl (C=O) groups excluding carboxylic acids is 1. The van der Waals surface area contributed by atoms with Crippen LogP contribution in [0.1, 0.15) is 34.3 Å². The molecule has 0 bridgehead atoms. The van der Waals surface area contributed by atoms with Gasteiger partial charge in [0.2, 0.25) is 0 Å². The molecule has 5 nitrogen and oxygen atoms in total. The molecule has 0 spiro atoms. The molecule has 9 heteroatoms. The number of nitrogens with zero attached hydrogens (tertiary/aromatic N) is 1. The second-order valence-corrected chi connectivity index (χ2v) is 11.0. The second-order valence-electron chi connectivity index (χ2n) is 8.99. The molecule has 0 saturated heterocycles. The van der Waals surface area contributed by atoms with Gasteiger partial charge in [0, 0.05) is 17.2 Å². The van der Waals surface area contributed by atoms with Gasteiger partial charge in [0.1, 0.15) is 0 Å². The van der Waals surface area contributed by atoms with Gasteiger partial charge in [-0.25, -0.2) is 13.4 Å². The normalized spacial score (nSPS) is 15.0. The van der Waals surface area contributed by atoms with Gasteiger partial charge in [-0.1, -0.05) is 42.5 Å². The number of nitrogens with one attached hydrogen (secondary N) is 1. The molecule has 5 rings (SSSR count). The third-order valence-electron chi connectivity index (χ3n) is 6.37. The van der Waals surface area contributed by atoms with Gasteiger partial charge in [-0.3, -0.25) is 4.79 Å². The quantitative estimate of drug-likeness (QED) is 0.371. The summed E-state index contributed by atoms with van der Waals surface area (Å²) in [5.41, 5.74) is 0.381. The Morgan fingerprint density at radius 1 is 0.944 bits per heavy atom. The van der Waals surface area contributed by atoms with Gasteiger partial charge in [0.25, 0.3) is 5.91 Å². The number of pyridine rings is 1. The fourth-order valence-corrected chi connectivity index (χ4v) is 4.93. The van der Waals surface area contributed by atoms with E-state index in [1.165, 1.54) is 36.4 Å². The number of hydrogen-bond acceptors (Lipinski definition) is 4. The van der Waals surface area contributed by atoms with Crippen molar-refractivity contribution in [2.24, 2.45) is 0 Å². The molecular formula is C27H21F3N2O3S. The number of alkyl halides is 3. The lowest BCUT2D eigenvalue weighted by atomic mass is 10.0. The summed E-state index contributed by atoms with van der Waals surface area (Å²) in [5.74, 6) is -0.456. The second kappa shape index (κ2) is 8.44. The Kier molecular flexibility index (Phi) is 5.63. The number of halogens is 3. The zero-order valence-corrected chi connectivity index (χ0v) is 20.0. The topological polar surface area (TPSA) is 76.1 Å². The average molecular weight is 511 g/mol. The third kappa shape index (κ3) is 4.58. The van der Waals surface area contributed by atoms with Gasteiger partial charge in [-0.2, -0.15) is 13.2 Å². The van der Waals surface area contributed by atoms with Gasteiger partial charge in [0.15, 0.2) is 9.84 Å². The summed E-state index contributed by atoms with van der Waals surface area (Å²) in [4.78, 5) is 18.1. The SMILES string of the molecule is CS(=O)(=O)c1ccc2nc(-c3cccc(C(F)(F)F)c3)cc(C(=O)NC3(c4ccccc4)CC3)c2c1. The van der Waals surface area contributed by atoms with Crippen molar-refractivity contribution in [3.05, 3.63) is 95.6 Å². The number of rotatable bonds is 5. The van der Waals surface area contributed by atoms with E-state index in [1.54, 1.807) is 0 Å². The molecule has 1 N–H and O–H groups in total. The van der Waals surface area contributed by atoms with E-state index < -0.39 is 33.0 Å². The third-order valence-corrected chi connectivity index (χ3v) is 7.48. The number of sulfone groups is 1. The first-order valence-corrected chi connectivity index (χ1v) is 13.1. The Morgan fingerprint density at radius 2 is 1.67 bits per heavy atom. The minimum Gasteiger partial charge on any atom is -0.342 e. The summed E-state index contributed by atoms with van der Waals surface area (Å²) in [6, 6.07) is 19.8. The number of fused-ring (bicyclic) bond motifs is 1. The lowest BCUT2D eigenvalue weighted by molar-refractivity contribution is -0.137. The monoisotopic (exact) mass is 510 g/mol. The molecular weight excluding hydrogens is 489 g/mol. The number of hydrogen-bond donors (Lipinski definition) is 1. The summed E-state index contributed by atoms with van der Waals surface area (Å²) in [6.45, 7) is 0. The molecule has 1 saturated carbocycles. The fourth-order valence-electron chi connectivity index (χ4n) is 4.28. The van der Waals surface area contributed by atoms with Gasteiger partial charge in [0.05, 0.1) is 32.8 Å². The van der Waals surface area contributed by atoms with E-state index in [2.05, 4.69) is 10.3 Å². The standard InChI is InChI=1S/C27H21F3N2O3S/c1-36(34,35)20-10-11-23-21(15-20)22(25(33)32-26(12-13-26)18-7-3-2-4-8-18)16-24(31-23)17-6-5-9-19(14-17)27(28,29)30/h2-11,14-16H,12-13H2,1H3,(H,32,33). The first-order valence-electron chi connectivity index (χ1n) is 11.2. The Hall–Kier alpha value is -3.72. The summed E-state index contributed by atoms with van der Waals surface area (Å²) in [6.07, 6.45) is -2.00. The molecule has 4 aromatic rings. The Balaban J connectivity index is 1.65. The van der Waals surface area contributed by atoms with E-state index in [0.29, 0.717) is 10.9 Å². The molecule has 1 aromatic heterocycles. The van der Waals surface area contributed by atoms with Crippen LogP contribution < -0.4 is 5.32 Å². The Morgan fingerprint density at radius 3 is 2.31 bits per heavy atom. The van der Waals surface area contributed by atoms with Crippen LogP contribution >= 0.6 is 0 Å². The molecule has 1 fully saturated rings. The largest absolute Gasteiger partial charge is 0.416 e. The van der Waals surface area contributed by atoms with Crippen molar-refractivity contribution in [3.63, 3.8) is 0 Å². The first-order chi connectivity index (χ1) is 17.0. The number of carbonyl (C=O) groups is 1. The maximum Gasteiger partial charge on any atom is 0.416 e. The van der Waals surface area contributed by atoms with Crippen LogP contribution in [0, 0.1) is 0 Å². The van der Waals surface area contributed by atoms with Crippen molar-refractivity contribution < 1.29 is 26.4 Å². The summed E-state index contributed by atoms with van der Waals surface area (Å²) in [7, 11) is -3.57. The van der Waals surface area contributed by atoms with Crippen molar-refractivity contribution >= 4 is 26.6 Å². The maximum absolute atomic E-state index is 13.6. The lowest BCUT2D eigenvalue weighted by Gasteiger charge is -2.19. The van der Waals surface area contributed by atoms with E-state index >= 15 is 0 Å². The molecule has 1 aliphatic carbocycles. The minimum atomic E-state index is -4.54. The number of benzene rings is 3. The molecule has 1 aliphatic rings. The van der Waals surface area contributed by atoms with Crippen molar-refractivity contribution in [1.29, 1.82) is 0 Å². The van der Waals surface area contributed by atoms with Crippen LogP contribution in [0.4, 0.5) is 13.2 Å². The van der Waals surface area contributed by atoms with Crippen molar-refractivity contribution in [2.45, 2.75) is 29.5 Å². The van der Waals surface area contributed by atoms with Gasteiger partial charge >= 0.3 is 6.18 Å². The fraction of sp³-hybridized carbons (Fsp3) is 0.185. The van der Waals surface area contributed by atoms with Crippen LogP contribution in [0.25, 0.3) is 22.2 Å². The average Bonchev–Trinajstić information content (AvgIpc) is 3.63. The van der Waals surface area contributed by atoms with E-state index in [4.69, 9.17) is 0 Å². The van der Waals surface area contributed by atoms with E-state index in [1.807, 2.05) is 30.3 Å². The van der Waals surface area contributed by atoms with Crippen LogP contribution in [-0.2, 0) is 21.6 Å². The minimum absolute atomic E-state index is 0.0156. The molecule has 36 heavy (non-hydrogen) atoms. The van der Waals surface area contributed by atoms with Gasteiger partial charge < -0.3 is 5.32 Å². The maximum atomic E-state index is 13.6. The van der Waals surface area contributed by atoms with Crippen LogP contribution in [0.2, 0.25) is 0 Å². The molecule has 0 unspecified atom stereocenters.